The van der Waals surface area contributed by atoms with Gasteiger partial charge in [-0.25, -0.2) is 4.79 Å². The first-order chi connectivity index (χ1) is 5.13. The molecule has 0 saturated carbocycles. The maximum absolute atomic E-state index is 10.5. The van der Waals surface area contributed by atoms with Gasteiger partial charge in [-0.3, -0.25) is 4.68 Å². The Labute approximate surface area is 64.5 Å². The summed E-state index contributed by atoms with van der Waals surface area (Å²) in [5.41, 5.74) is 0.861. The van der Waals surface area contributed by atoms with Crippen LogP contribution < -0.4 is 0 Å². The first-order valence-corrected chi connectivity index (χ1v) is 3.36. The van der Waals surface area contributed by atoms with E-state index in [0.717, 1.165) is 5.69 Å². The highest BCUT2D eigenvalue weighted by Gasteiger charge is 2.14. The molecule has 1 atom stereocenters. The van der Waals surface area contributed by atoms with Crippen LogP contribution in [-0.2, 0) is 4.79 Å². The van der Waals surface area contributed by atoms with Crippen molar-refractivity contribution in [1.82, 2.24) is 9.78 Å². The van der Waals surface area contributed by atoms with E-state index in [1.165, 1.54) is 4.68 Å². The lowest BCUT2D eigenvalue weighted by atomic mass is 10.3. The van der Waals surface area contributed by atoms with Crippen molar-refractivity contribution in [3.05, 3.63) is 18.0 Å². The number of carbonyl (C=O) groups is 1. The summed E-state index contributed by atoms with van der Waals surface area (Å²) in [4.78, 5) is 10.5. The molecule has 0 unspecified atom stereocenters. The van der Waals surface area contributed by atoms with Crippen LogP contribution in [0.25, 0.3) is 0 Å². The first kappa shape index (κ1) is 7.78. The van der Waals surface area contributed by atoms with E-state index < -0.39 is 12.0 Å². The summed E-state index contributed by atoms with van der Waals surface area (Å²) >= 11 is 0. The van der Waals surface area contributed by atoms with Crippen LogP contribution in [0.15, 0.2) is 12.3 Å². The van der Waals surface area contributed by atoms with Crippen LogP contribution in [0.5, 0.6) is 0 Å². The molecule has 0 fully saturated rings. The van der Waals surface area contributed by atoms with E-state index in [0.29, 0.717) is 0 Å². The normalized spacial score (nSPS) is 12.9. The monoisotopic (exact) mass is 154 g/mol. The zero-order valence-corrected chi connectivity index (χ0v) is 6.48. The Bertz CT molecular complexity index is 267. The van der Waals surface area contributed by atoms with Gasteiger partial charge in [0.05, 0.1) is 0 Å². The molecule has 4 heteroatoms. The average Bonchev–Trinajstić information content (AvgIpc) is 2.33. The van der Waals surface area contributed by atoms with Crippen molar-refractivity contribution in [1.29, 1.82) is 0 Å². The SMILES string of the molecule is Cc1ccnn1[C@H](C)C(=O)O. The van der Waals surface area contributed by atoms with Crippen LogP contribution in [0, 0.1) is 6.92 Å². The van der Waals surface area contributed by atoms with Crippen molar-refractivity contribution in [2.24, 2.45) is 0 Å². The Kier molecular flexibility index (Phi) is 1.94. The molecule has 1 aromatic heterocycles. The number of rotatable bonds is 2. The van der Waals surface area contributed by atoms with Gasteiger partial charge in [-0.05, 0) is 19.9 Å². The maximum Gasteiger partial charge on any atom is 0.328 e. The molecule has 0 aliphatic carbocycles. The molecule has 4 nitrogen and oxygen atoms in total. The molecule has 0 saturated heterocycles. The third-order valence-electron chi connectivity index (χ3n) is 1.59. The van der Waals surface area contributed by atoms with Crippen molar-refractivity contribution in [3.8, 4) is 0 Å². The predicted molar refractivity (Wildman–Crippen MR) is 39.3 cm³/mol. The summed E-state index contributed by atoms with van der Waals surface area (Å²) in [5, 5.41) is 12.5. The average molecular weight is 154 g/mol. The standard InChI is InChI=1S/C7H10N2O2/c1-5-3-4-8-9(5)6(2)7(10)11/h3-4,6H,1-2H3,(H,10,11)/t6-/m1/s1. The second-order valence-electron chi connectivity index (χ2n) is 2.43. The number of aliphatic carboxylic acids is 1. The van der Waals surface area contributed by atoms with Crippen LogP contribution in [0.3, 0.4) is 0 Å². The molecule has 1 aromatic rings. The molecule has 0 aliphatic rings. The highest BCUT2D eigenvalue weighted by atomic mass is 16.4. The topological polar surface area (TPSA) is 55.1 Å². The smallest absolute Gasteiger partial charge is 0.328 e. The highest BCUT2D eigenvalue weighted by Crippen LogP contribution is 2.06. The molecule has 0 radical (unpaired) electrons. The zero-order valence-electron chi connectivity index (χ0n) is 6.48. The Morgan fingerprint density at radius 1 is 1.82 bits per heavy atom. The molecule has 0 spiro atoms. The molecular formula is C7H10N2O2. The van der Waals surface area contributed by atoms with Gasteiger partial charge in [0.25, 0.3) is 0 Å². The van der Waals surface area contributed by atoms with Crippen molar-refractivity contribution >= 4 is 5.97 Å². The summed E-state index contributed by atoms with van der Waals surface area (Å²) in [7, 11) is 0. The lowest BCUT2D eigenvalue weighted by molar-refractivity contribution is -0.140. The van der Waals surface area contributed by atoms with Crippen molar-refractivity contribution in [2.45, 2.75) is 19.9 Å². The molecular weight excluding hydrogens is 144 g/mol. The summed E-state index contributed by atoms with van der Waals surface area (Å²) in [6, 6.07) is 1.20. The van der Waals surface area contributed by atoms with Crippen molar-refractivity contribution in [3.63, 3.8) is 0 Å². The van der Waals surface area contributed by atoms with Crippen molar-refractivity contribution < 1.29 is 9.90 Å². The number of carboxylic acid groups (broad SMARTS) is 1. The first-order valence-electron chi connectivity index (χ1n) is 3.36. The van der Waals surface area contributed by atoms with Gasteiger partial charge in [0.2, 0.25) is 0 Å². The van der Waals surface area contributed by atoms with Gasteiger partial charge in [0.15, 0.2) is 0 Å². The van der Waals surface area contributed by atoms with E-state index >= 15 is 0 Å². The fourth-order valence-corrected chi connectivity index (χ4v) is 0.891. The Morgan fingerprint density at radius 2 is 2.45 bits per heavy atom. The Hall–Kier alpha value is -1.32. The second kappa shape index (κ2) is 2.74. The minimum absolute atomic E-state index is 0.579. The van der Waals surface area contributed by atoms with Gasteiger partial charge < -0.3 is 5.11 Å². The maximum atomic E-state index is 10.5. The van der Waals surface area contributed by atoms with E-state index in [2.05, 4.69) is 5.10 Å². The lowest BCUT2D eigenvalue weighted by Gasteiger charge is -2.07. The minimum Gasteiger partial charge on any atom is -0.480 e. The fourth-order valence-electron chi connectivity index (χ4n) is 0.891. The second-order valence-corrected chi connectivity index (χ2v) is 2.43. The van der Waals surface area contributed by atoms with Gasteiger partial charge in [-0.2, -0.15) is 5.10 Å². The third-order valence-corrected chi connectivity index (χ3v) is 1.59. The molecule has 1 rings (SSSR count). The largest absolute Gasteiger partial charge is 0.480 e. The van der Waals surface area contributed by atoms with E-state index in [9.17, 15) is 4.79 Å². The van der Waals surface area contributed by atoms with Gasteiger partial charge in [0, 0.05) is 11.9 Å². The summed E-state index contributed by atoms with van der Waals surface area (Å²) in [5.74, 6) is -0.864. The number of aromatic nitrogens is 2. The van der Waals surface area contributed by atoms with E-state index in [1.54, 1.807) is 19.2 Å². The Balaban J connectivity index is 2.92. The number of aryl methyl sites for hydroxylation is 1. The van der Waals surface area contributed by atoms with Gasteiger partial charge >= 0.3 is 5.97 Å². The van der Waals surface area contributed by atoms with Crippen LogP contribution in [-0.4, -0.2) is 20.9 Å². The number of carboxylic acids is 1. The summed E-state index contributed by atoms with van der Waals surface area (Å²) in [6.45, 7) is 3.43. The van der Waals surface area contributed by atoms with Gasteiger partial charge in [-0.15, -0.1) is 0 Å². The molecule has 0 aromatic carbocycles. The van der Waals surface area contributed by atoms with Crippen LogP contribution in [0.4, 0.5) is 0 Å². The quantitative estimate of drug-likeness (QED) is 0.686. The van der Waals surface area contributed by atoms with Crippen LogP contribution in [0.2, 0.25) is 0 Å². The van der Waals surface area contributed by atoms with E-state index in [4.69, 9.17) is 5.11 Å². The molecule has 60 valence electrons. The van der Waals surface area contributed by atoms with Gasteiger partial charge in [-0.1, -0.05) is 0 Å². The molecule has 0 amide bonds. The fraction of sp³-hybridized carbons (Fsp3) is 0.429. The van der Waals surface area contributed by atoms with Gasteiger partial charge in [0.1, 0.15) is 6.04 Å². The van der Waals surface area contributed by atoms with E-state index in [-0.39, 0.29) is 0 Å². The third kappa shape index (κ3) is 1.39. The molecule has 1 heterocycles. The van der Waals surface area contributed by atoms with Crippen LogP contribution >= 0.6 is 0 Å². The molecule has 0 bridgehead atoms. The lowest BCUT2D eigenvalue weighted by Crippen LogP contribution is -2.17. The zero-order chi connectivity index (χ0) is 8.43. The van der Waals surface area contributed by atoms with Crippen molar-refractivity contribution in [2.75, 3.05) is 0 Å². The van der Waals surface area contributed by atoms with Crippen LogP contribution in [0.1, 0.15) is 18.7 Å². The summed E-state index contributed by atoms with van der Waals surface area (Å²) < 4.78 is 1.47. The molecule has 1 N–H and O–H groups in total. The Morgan fingerprint density at radius 3 is 2.82 bits per heavy atom. The number of nitrogens with zero attached hydrogens (tertiary/aromatic N) is 2. The highest BCUT2D eigenvalue weighted by molar-refractivity contribution is 5.71. The number of hydrogen-bond donors (Lipinski definition) is 1. The number of hydrogen-bond acceptors (Lipinski definition) is 2. The molecule has 0 aliphatic heterocycles. The summed E-state index contributed by atoms with van der Waals surface area (Å²) in [6.07, 6.45) is 1.59. The predicted octanol–water partition coefficient (Wildman–Crippen LogP) is 0.837. The van der Waals surface area contributed by atoms with E-state index in [1.807, 2.05) is 6.92 Å². The molecule has 11 heavy (non-hydrogen) atoms. The minimum atomic E-state index is -0.864.